The van der Waals surface area contributed by atoms with Gasteiger partial charge < -0.3 is 38.6 Å². The van der Waals surface area contributed by atoms with Crippen LogP contribution in [0.4, 0.5) is 10.5 Å². The van der Waals surface area contributed by atoms with Crippen LogP contribution >= 0.6 is 23.4 Å². The molecule has 15 heteroatoms. The number of thioether (sulfide) groups is 1. The van der Waals surface area contributed by atoms with Crippen LogP contribution in [0.2, 0.25) is 5.02 Å². The van der Waals surface area contributed by atoms with Crippen molar-refractivity contribution in [2.24, 2.45) is 5.92 Å². The van der Waals surface area contributed by atoms with Crippen LogP contribution in [0.5, 0.6) is 5.75 Å². The fraction of sp³-hybridized carbons (Fsp3) is 0.611. The molecule has 0 aromatic heterocycles. The Labute approximate surface area is 308 Å². The van der Waals surface area contributed by atoms with E-state index in [1.54, 1.807) is 52.1 Å². The molecule has 4 bridgehead atoms. The number of esters is 1. The van der Waals surface area contributed by atoms with Crippen molar-refractivity contribution in [2.45, 2.75) is 95.2 Å². The molecule has 0 saturated carbocycles. The highest BCUT2D eigenvalue weighted by atomic mass is 35.5. The molecule has 0 spiro atoms. The summed E-state index contributed by atoms with van der Waals surface area (Å²) in [7, 11) is 6.04. The van der Waals surface area contributed by atoms with Gasteiger partial charge in [-0.1, -0.05) is 42.3 Å². The molecule has 1 aromatic carbocycles. The Kier molecular flexibility index (Phi) is 13.2. The molecule has 1 aromatic rings. The largest absolute Gasteiger partial charge is 0.495 e. The minimum atomic E-state index is -1.82. The number of hydrogen-bond donors (Lipinski definition) is 2. The maximum atomic E-state index is 14.1. The third-order valence-corrected chi connectivity index (χ3v) is 11.0. The first kappa shape index (κ1) is 40.5. The van der Waals surface area contributed by atoms with E-state index >= 15 is 0 Å². The lowest BCUT2D eigenvalue weighted by molar-refractivity contribution is -0.161. The van der Waals surface area contributed by atoms with E-state index in [4.69, 9.17) is 35.3 Å². The highest BCUT2D eigenvalue weighted by Crippen LogP contribution is 2.49. The van der Waals surface area contributed by atoms with E-state index in [0.717, 1.165) is 11.1 Å². The molecular weight excluding hydrogens is 702 g/mol. The predicted octanol–water partition coefficient (Wildman–Crippen LogP) is 4.27. The van der Waals surface area contributed by atoms with Crippen molar-refractivity contribution >= 4 is 52.9 Å². The summed E-state index contributed by atoms with van der Waals surface area (Å²) in [6.07, 6.45) is 3.16. The van der Waals surface area contributed by atoms with Crippen LogP contribution in [-0.4, -0.2) is 116 Å². The lowest BCUT2D eigenvalue weighted by Gasteiger charge is -2.42. The van der Waals surface area contributed by atoms with E-state index in [1.165, 1.54) is 42.8 Å². The van der Waals surface area contributed by atoms with Gasteiger partial charge in [-0.2, -0.15) is 11.8 Å². The summed E-state index contributed by atoms with van der Waals surface area (Å²) in [5.41, 5.74) is -0.877. The highest BCUT2D eigenvalue weighted by molar-refractivity contribution is 7.98. The molecule has 282 valence electrons. The Morgan fingerprint density at radius 1 is 1.27 bits per heavy atom. The zero-order valence-corrected chi connectivity index (χ0v) is 32.3. The maximum Gasteiger partial charge on any atom is 0.409 e. The van der Waals surface area contributed by atoms with Crippen molar-refractivity contribution in [3.8, 4) is 5.75 Å². The van der Waals surface area contributed by atoms with E-state index in [1.807, 2.05) is 19.3 Å². The van der Waals surface area contributed by atoms with E-state index in [9.17, 15) is 24.3 Å². The zero-order valence-electron chi connectivity index (χ0n) is 30.7. The molecule has 8 atom stereocenters. The number of amides is 3. The number of benzene rings is 1. The second-order valence-corrected chi connectivity index (χ2v) is 15.0. The topological polar surface area (TPSA) is 156 Å². The number of fused-ring (bicyclic) bond motifs is 5. The van der Waals surface area contributed by atoms with Gasteiger partial charge in [-0.15, -0.1) is 0 Å². The number of nitrogens with zero attached hydrogens (tertiary/aromatic N) is 2. The zero-order chi connectivity index (χ0) is 37.8. The standard InChI is InChI=1S/C36H50ClN3O10S/c1-20-11-10-12-27(47-8)36(45)19-26(48-34(44)38-36)21(2)32-35(4,50-32)28(49-33(43)22(3)39(5)29(41)13-14-51-9)18-30(42)40(6)24-16-23(15-20)17-25(46-7)31(24)37/h10-12,16-17,21-22,26-28,32,45H,13-15,18-19H2,1-9H3,(H,38,44)/t21?,22?,26-,27+,28-,32?,35-,36-/m0/s1. The van der Waals surface area contributed by atoms with Crippen LogP contribution in [0.15, 0.2) is 35.9 Å². The number of likely N-dealkylation sites (N-methyl/N-ethyl adjacent to an activating group) is 1. The van der Waals surface area contributed by atoms with Gasteiger partial charge >= 0.3 is 12.1 Å². The Bertz CT molecular complexity index is 1560. The van der Waals surface area contributed by atoms with Gasteiger partial charge in [0.2, 0.25) is 11.8 Å². The van der Waals surface area contributed by atoms with Crippen LogP contribution in [-0.2, 0) is 39.8 Å². The van der Waals surface area contributed by atoms with Crippen molar-refractivity contribution in [3.63, 3.8) is 0 Å². The lowest BCUT2D eigenvalue weighted by Crippen LogP contribution is -2.63. The number of carbonyl (C=O) groups is 4. The summed E-state index contributed by atoms with van der Waals surface area (Å²) in [4.78, 5) is 56.0. The number of carbonyl (C=O) groups excluding carboxylic acids is 4. The van der Waals surface area contributed by atoms with Gasteiger partial charge in [0, 0.05) is 45.7 Å². The van der Waals surface area contributed by atoms with Crippen molar-refractivity contribution in [3.05, 3.63) is 46.5 Å². The number of allylic oxidation sites excluding steroid dienone is 3. The Morgan fingerprint density at radius 2 is 1.98 bits per heavy atom. The van der Waals surface area contributed by atoms with Gasteiger partial charge in [0.05, 0.1) is 25.3 Å². The summed E-state index contributed by atoms with van der Waals surface area (Å²) in [5.74, 6) is -0.896. The Hall–Kier alpha value is -3.30. The fourth-order valence-corrected chi connectivity index (χ4v) is 7.28. The number of aliphatic hydroxyl groups is 1. The summed E-state index contributed by atoms with van der Waals surface area (Å²) < 4.78 is 29.1. The van der Waals surface area contributed by atoms with E-state index < -0.39 is 65.7 Å². The number of rotatable bonds is 8. The predicted molar refractivity (Wildman–Crippen MR) is 194 cm³/mol. The second-order valence-electron chi connectivity index (χ2n) is 13.6. The van der Waals surface area contributed by atoms with E-state index in [-0.39, 0.29) is 30.2 Å². The number of halogens is 1. The third-order valence-electron chi connectivity index (χ3n) is 10.0. The minimum absolute atomic E-state index is 0.0440. The van der Waals surface area contributed by atoms with E-state index in [2.05, 4.69) is 5.32 Å². The van der Waals surface area contributed by atoms with Gasteiger partial charge in [-0.25, -0.2) is 9.59 Å². The maximum absolute atomic E-state index is 14.1. The van der Waals surface area contributed by atoms with Gasteiger partial charge in [0.1, 0.15) is 40.7 Å². The summed E-state index contributed by atoms with van der Waals surface area (Å²) in [5, 5.41) is 14.4. The van der Waals surface area contributed by atoms with Crippen molar-refractivity contribution in [2.75, 3.05) is 45.2 Å². The lowest BCUT2D eigenvalue weighted by atomic mass is 9.83. The first-order valence-electron chi connectivity index (χ1n) is 16.8. The van der Waals surface area contributed by atoms with Crippen molar-refractivity contribution in [1.29, 1.82) is 0 Å². The van der Waals surface area contributed by atoms with Crippen LogP contribution in [0.3, 0.4) is 0 Å². The number of epoxide rings is 1. The number of methoxy groups -OCH3 is 2. The molecule has 3 heterocycles. The first-order valence-corrected chi connectivity index (χ1v) is 18.6. The number of hydrogen-bond acceptors (Lipinski definition) is 11. The first-order chi connectivity index (χ1) is 24.0. The van der Waals surface area contributed by atoms with Crippen LogP contribution in [0, 0.1) is 5.92 Å². The summed E-state index contributed by atoms with van der Waals surface area (Å²) >= 11 is 8.27. The Morgan fingerprint density at radius 3 is 2.63 bits per heavy atom. The molecule has 0 aliphatic carbocycles. The van der Waals surface area contributed by atoms with E-state index in [0.29, 0.717) is 23.6 Å². The minimum Gasteiger partial charge on any atom is -0.495 e. The summed E-state index contributed by atoms with van der Waals surface area (Å²) in [6.45, 7) is 7.02. The highest BCUT2D eigenvalue weighted by Gasteiger charge is 2.64. The van der Waals surface area contributed by atoms with Crippen LogP contribution in [0.1, 0.15) is 52.5 Å². The molecule has 3 aliphatic rings. The number of nitrogens with one attached hydrogen (secondary N) is 1. The SMILES string of the molecule is COc1cc2cc(c1Cl)N(C)C(=O)C[C@H](OC(=O)C(C)N(C)C(=O)CCSC)[C@]1(C)OC1C(C)[C@@H]1C[C@@](O)(NC(=O)O1)[C@H](OC)C=CC=C(C)C2. The molecule has 3 aliphatic heterocycles. The molecule has 3 unspecified atom stereocenters. The summed E-state index contributed by atoms with van der Waals surface area (Å²) in [6, 6.07) is 2.64. The molecule has 13 nitrogen and oxygen atoms in total. The molecule has 3 amide bonds. The molecule has 51 heavy (non-hydrogen) atoms. The molecule has 4 rings (SSSR count). The number of anilines is 1. The van der Waals surface area contributed by atoms with Crippen LogP contribution < -0.4 is 15.0 Å². The molecule has 2 N–H and O–H groups in total. The third kappa shape index (κ3) is 9.02. The molecule has 0 radical (unpaired) electrons. The van der Waals surface area contributed by atoms with Gasteiger partial charge in [0.25, 0.3) is 0 Å². The van der Waals surface area contributed by atoms with Gasteiger partial charge in [0.15, 0.2) is 5.72 Å². The molecule has 2 saturated heterocycles. The average Bonchev–Trinajstić information content (AvgIpc) is 3.79. The smallest absolute Gasteiger partial charge is 0.409 e. The quantitative estimate of drug-likeness (QED) is 0.289. The van der Waals surface area contributed by atoms with Crippen LogP contribution in [0.25, 0.3) is 0 Å². The number of ether oxygens (including phenoxy) is 5. The normalized spacial score (nSPS) is 30.3. The average molecular weight is 752 g/mol. The fourth-order valence-electron chi connectivity index (χ4n) is 6.58. The van der Waals surface area contributed by atoms with Crippen molar-refractivity contribution in [1.82, 2.24) is 10.2 Å². The molecule has 2 fully saturated rings. The number of alkyl carbamates (subject to hydrolysis) is 1. The monoisotopic (exact) mass is 751 g/mol. The van der Waals surface area contributed by atoms with Gasteiger partial charge in [-0.05, 0) is 51.1 Å². The van der Waals surface area contributed by atoms with Gasteiger partial charge in [-0.3, -0.25) is 14.9 Å². The second kappa shape index (κ2) is 16.6. The Balaban J connectivity index is 1.76. The molecular formula is C36H50ClN3O10S. The van der Waals surface area contributed by atoms with Crippen molar-refractivity contribution < 1.29 is 48.0 Å².